The second kappa shape index (κ2) is 9.44. The van der Waals surface area contributed by atoms with Gasteiger partial charge in [-0.3, -0.25) is 19.0 Å². The standard InChI is InChI=1S/C23H23FN4O3S/c24-17-7-4-15(5-8-17)14-25-21(30)16-6-9-18-19(13-16)26-23(32)28(22(18)31)12-2-11-27-10-1-3-20(27)29/h4-9,13H,1-3,10-12,14H2,(H,25,30)(H,26,32). The summed E-state index contributed by atoms with van der Waals surface area (Å²) < 4.78 is 14.8. The normalized spacial score (nSPS) is 13.7. The van der Waals surface area contributed by atoms with Gasteiger partial charge >= 0.3 is 0 Å². The maximum Gasteiger partial charge on any atom is 0.262 e. The highest BCUT2D eigenvalue weighted by molar-refractivity contribution is 7.71. The molecule has 0 bridgehead atoms. The molecule has 1 fully saturated rings. The average molecular weight is 455 g/mol. The van der Waals surface area contributed by atoms with E-state index in [9.17, 15) is 18.8 Å². The number of H-pyrrole nitrogens is 1. The van der Waals surface area contributed by atoms with Crippen LogP contribution in [0.4, 0.5) is 4.39 Å². The minimum Gasteiger partial charge on any atom is -0.348 e. The zero-order valence-electron chi connectivity index (χ0n) is 17.4. The van der Waals surface area contributed by atoms with Crippen molar-refractivity contribution >= 4 is 34.9 Å². The van der Waals surface area contributed by atoms with Crippen molar-refractivity contribution in [1.29, 1.82) is 0 Å². The van der Waals surface area contributed by atoms with Crippen LogP contribution < -0.4 is 10.9 Å². The van der Waals surface area contributed by atoms with Gasteiger partial charge in [-0.05, 0) is 61.0 Å². The first-order valence-electron chi connectivity index (χ1n) is 10.5. The molecule has 7 nitrogen and oxygen atoms in total. The van der Waals surface area contributed by atoms with E-state index in [1.807, 2.05) is 4.90 Å². The molecule has 2 N–H and O–H groups in total. The lowest BCUT2D eigenvalue weighted by Crippen LogP contribution is -2.29. The number of likely N-dealkylation sites (tertiary alicyclic amines) is 1. The van der Waals surface area contributed by atoms with Gasteiger partial charge in [-0.2, -0.15) is 0 Å². The molecule has 0 spiro atoms. The van der Waals surface area contributed by atoms with Crippen molar-refractivity contribution < 1.29 is 14.0 Å². The maximum absolute atomic E-state index is 13.0. The summed E-state index contributed by atoms with van der Waals surface area (Å²) in [7, 11) is 0. The summed E-state index contributed by atoms with van der Waals surface area (Å²) in [5.41, 5.74) is 1.42. The minimum absolute atomic E-state index is 0.159. The number of carbonyl (C=O) groups excluding carboxylic acids is 2. The van der Waals surface area contributed by atoms with Gasteiger partial charge in [0.2, 0.25) is 5.91 Å². The zero-order chi connectivity index (χ0) is 22.7. The third-order valence-electron chi connectivity index (χ3n) is 5.59. The Morgan fingerprint density at radius 1 is 1.12 bits per heavy atom. The van der Waals surface area contributed by atoms with Crippen molar-refractivity contribution in [2.45, 2.75) is 32.4 Å². The molecule has 2 amide bonds. The molecule has 3 aromatic rings. The van der Waals surface area contributed by atoms with Gasteiger partial charge < -0.3 is 15.2 Å². The van der Waals surface area contributed by atoms with Gasteiger partial charge in [-0.1, -0.05) is 12.1 Å². The van der Waals surface area contributed by atoms with Gasteiger partial charge in [0.15, 0.2) is 4.77 Å². The fraction of sp³-hybridized carbons (Fsp3) is 0.304. The number of hydrogen-bond acceptors (Lipinski definition) is 4. The molecule has 1 aliphatic rings. The SMILES string of the molecule is O=C(NCc1ccc(F)cc1)c1ccc2c(=O)n(CCCN3CCCC3=O)c(=S)[nH]c2c1. The average Bonchev–Trinajstić information content (AvgIpc) is 3.19. The van der Waals surface area contributed by atoms with E-state index in [2.05, 4.69) is 10.3 Å². The van der Waals surface area contributed by atoms with E-state index in [0.29, 0.717) is 42.4 Å². The van der Waals surface area contributed by atoms with Crippen LogP contribution in [0.15, 0.2) is 47.3 Å². The predicted octanol–water partition coefficient (Wildman–Crippen LogP) is 3.14. The van der Waals surface area contributed by atoms with Crippen molar-refractivity contribution in [2.24, 2.45) is 0 Å². The number of aromatic nitrogens is 2. The van der Waals surface area contributed by atoms with Gasteiger partial charge in [0.05, 0.1) is 10.9 Å². The molecule has 4 rings (SSSR count). The fourth-order valence-corrected chi connectivity index (χ4v) is 4.13. The van der Waals surface area contributed by atoms with E-state index in [0.717, 1.165) is 18.5 Å². The predicted molar refractivity (Wildman–Crippen MR) is 121 cm³/mol. The molecule has 0 unspecified atom stereocenters. The van der Waals surface area contributed by atoms with Gasteiger partial charge in [0.25, 0.3) is 11.5 Å². The number of carbonyl (C=O) groups is 2. The molecule has 0 aliphatic carbocycles. The van der Waals surface area contributed by atoms with Crippen LogP contribution in [0.2, 0.25) is 0 Å². The summed E-state index contributed by atoms with van der Waals surface area (Å²) in [6.45, 7) is 2.04. The van der Waals surface area contributed by atoms with Crippen molar-refractivity contribution in [3.05, 3.63) is 74.5 Å². The van der Waals surface area contributed by atoms with Crippen LogP contribution in [-0.4, -0.2) is 39.4 Å². The molecule has 1 aliphatic heterocycles. The van der Waals surface area contributed by atoms with Crippen LogP contribution >= 0.6 is 12.2 Å². The van der Waals surface area contributed by atoms with Crippen molar-refractivity contribution in [2.75, 3.05) is 13.1 Å². The number of amides is 2. The molecule has 2 heterocycles. The molecule has 9 heteroatoms. The summed E-state index contributed by atoms with van der Waals surface area (Å²) >= 11 is 5.37. The van der Waals surface area contributed by atoms with Crippen molar-refractivity contribution in [3.8, 4) is 0 Å². The number of fused-ring (bicyclic) bond motifs is 1. The second-order valence-electron chi connectivity index (χ2n) is 7.79. The van der Waals surface area contributed by atoms with E-state index < -0.39 is 0 Å². The molecular weight excluding hydrogens is 431 g/mol. The first-order chi connectivity index (χ1) is 15.4. The largest absolute Gasteiger partial charge is 0.348 e. The van der Waals surface area contributed by atoms with E-state index in [-0.39, 0.29) is 34.5 Å². The molecule has 32 heavy (non-hydrogen) atoms. The molecule has 0 radical (unpaired) electrons. The lowest BCUT2D eigenvalue weighted by atomic mass is 10.1. The minimum atomic E-state index is -0.333. The Labute approximate surface area is 188 Å². The highest BCUT2D eigenvalue weighted by Gasteiger charge is 2.19. The Bertz CT molecular complexity index is 1280. The number of hydrogen-bond donors (Lipinski definition) is 2. The quantitative estimate of drug-likeness (QED) is 0.537. The molecule has 166 valence electrons. The molecule has 0 atom stereocenters. The first kappa shape index (κ1) is 21.9. The van der Waals surface area contributed by atoms with Gasteiger partial charge in [0.1, 0.15) is 5.82 Å². The second-order valence-corrected chi connectivity index (χ2v) is 8.18. The van der Waals surface area contributed by atoms with E-state index >= 15 is 0 Å². The van der Waals surface area contributed by atoms with Crippen LogP contribution in [0.1, 0.15) is 35.2 Å². The van der Waals surface area contributed by atoms with Crippen molar-refractivity contribution in [1.82, 2.24) is 19.8 Å². The van der Waals surface area contributed by atoms with Gasteiger partial charge in [0, 0.05) is 38.2 Å². The molecule has 2 aromatic carbocycles. The van der Waals surface area contributed by atoms with Crippen LogP contribution in [0.3, 0.4) is 0 Å². The topological polar surface area (TPSA) is 87.2 Å². The smallest absolute Gasteiger partial charge is 0.262 e. The Hall–Kier alpha value is -3.33. The Kier molecular flexibility index (Phi) is 6.45. The lowest BCUT2D eigenvalue weighted by molar-refractivity contribution is -0.127. The molecule has 1 saturated heterocycles. The Morgan fingerprint density at radius 2 is 1.91 bits per heavy atom. The summed E-state index contributed by atoms with van der Waals surface area (Å²) in [6.07, 6.45) is 2.11. The highest BCUT2D eigenvalue weighted by atomic mass is 32.1. The number of aromatic amines is 1. The van der Waals surface area contributed by atoms with Crippen LogP contribution in [0, 0.1) is 10.6 Å². The van der Waals surface area contributed by atoms with E-state index in [1.54, 1.807) is 30.3 Å². The van der Waals surface area contributed by atoms with Gasteiger partial charge in [-0.15, -0.1) is 0 Å². The van der Waals surface area contributed by atoms with Crippen molar-refractivity contribution in [3.63, 3.8) is 0 Å². The van der Waals surface area contributed by atoms with Crippen LogP contribution in [-0.2, 0) is 17.9 Å². The monoisotopic (exact) mass is 454 g/mol. The van der Waals surface area contributed by atoms with Crippen LogP contribution in [0.25, 0.3) is 10.9 Å². The molecule has 0 saturated carbocycles. The summed E-state index contributed by atoms with van der Waals surface area (Å²) in [5, 5.41) is 3.22. The van der Waals surface area contributed by atoms with E-state index in [1.165, 1.54) is 16.7 Å². The number of rotatable bonds is 7. The number of halogens is 1. The zero-order valence-corrected chi connectivity index (χ0v) is 18.2. The summed E-state index contributed by atoms with van der Waals surface area (Å²) in [6, 6.07) is 10.7. The van der Waals surface area contributed by atoms with Gasteiger partial charge in [-0.25, -0.2) is 4.39 Å². The third kappa shape index (κ3) is 4.77. The molecule has 1 aromatic heterocycles. The fourth-order valence-electron chi connectivity index (χ4n) is 3.85. The highest BCUT2D eigenvalue weighted by Crippen LogP contribution is 2.13. The lowest BCUT2D eigenvalue weighted by Gasteiger charge is -2.16. The first-order valence-corrected chi connectivity index (χ1v) is 10.9. The van der Waals surface area contributed by atoms with E-state index in [4.69, 9.17) is 12.2 Å². The third-order valence-corrected chi connectivity index (χ3v) is 5.91. The summed E-state index contributed by atoms with van der Waals surface area (Å²) in [5.74, 6) is -0.485. The maximum atomic E-state index is 13.0. The number of nitrogens with zero attached hydrogens (tertiary/aromatic N) is 2. The molecular formula is C23H23FN4O3S. The van der Waals surface area contributed by atoms with Crippen LogP contribution in [0.5, 0.6) is 0 Å². The number of nitrogens with one attached hydrogen (secondary N) is 2. The Morgan fingerprint density at radius 3 is 2.62 bits per heavy atom. The Balaban J connectivity index is 1.46. The number of benzene rings is 2. The summed E-state index contributed by atoms with van der Waals surface area (Å²) in [4.78, 5) is 42.0.